The van der Waals surface area contributed by atoms with E-state index in [4.69, 9.17) is 4.74 Å². The SMILES string of the molecule is Cc1cc(C(=O)COC(=O)CSc2ncnc3sccc23)c(C)n1C(C)C. The van der Waals surface area contributed by atoms with Crippen LogP contribution in [0.15, 0.2) is 28.9 Å². The molecule has 0 unspecified atom stereocenters. The van der Waals surface area contributed by atoms with E-state index in [1.807, 2.05) is 31.4 Å². The van der Waals surface area contributed by atoms with Crippen molar-refractivity contribution in [1.82, 2.24) is 14.5 Å². The molecule has 0 saturated carbocycles. The number of esters is 1. The largest absolute Gasteiger partial charge is 0.457 e. The number of thioether (sulfide) groups is 1. The monoisotopic (exact) mass is 403 g/mol. The number of rotatable bonds is 7. The second-order valence-electron chi connectivity index (χ2n) is 6.44. The molecule has 0 amide bonds. The molecule has 0 fully saturated rings. The fourth-order valence-electron chi connectivity index (χ4n) is 3.13. The zero-order chi connectivity index (χ0) is 19.6. The van der Waals surface area contributed by atoms with Crippen molar-refractivity contribution in [2.24, 2.45) is 0 Å². The molecule has 3 aromatic heterocycles. The van der Waals surface area contributed by atoms with Crippen LogP contribution in [0.3, 0.4) is 0 Å². The quantitative estimate of drug-likeness (QED) is 0.255. The summed E-state index contributed by atoms with van der Waals surface area (Å²) in [5.41, 5.74) is 2.53. The Morgan fingerprint density at radius 2 is 2.07 bits per heavy atom. The minimum Gasteiger partial charge on any atom is -0.457 e. The molecule has 0 aliphatic rings. The number of Topliss-reactive ketones (excluding diaryl/α,β-unsaturated/α-hetero) is 1. The molecular formula is C19H21N3O3S2. The molecule has 0 aliphatic carbocycles. The highest BCUT2D eigenvalue weighted by Crippen LogP contribution is 2.27. The first kappa shape index (κ1) is 19.6. The summed E-state index contributed by atoms with van der Waals surface area (Å²) < 4.78 is 7.28. The van der Waals surface area contributed by atoms with Crippen LogP contribution in [0, 0.1) is 13.8 Å². The maximum atomic E-state index is 12.5. The summed E-state index contributed by atoms with van der Waals surface area (Å²) in [7, 11) is 0. The number of hydrogen-bond donors (Lipinski definition) is 0. The molecule has 0 saturated heterocycles. The predicted octanol–water partition coefficient (Wildman–Crippen LogP) is 4.21. The smallest absolute Gasteiger partial charge is 0.316 e. The average molecular weight is 404 g/mol. The first-order valence-corrected chi connectivity index (χ1v) is 10.4. The Balaban J connectivity index is 1.57. The lowest BCUT2D eigenvalue weighted by atomic mass is 10.1. The van der Waals surface area contributed by atoms with Crippen molar-refractivity contribution in [1.29, 1.82) is 0 Å². The third-order valence-corrected chi connectivity index (χ3v) is 6.02. The molecule has 3 rings (SSSR count). The molecule has 8 heteroatoms. The van der Waals surface area contributed by atoms with Gasteiger partial charge in [0, 0.05) is 28.4 Å². The summed E-state index contributed by atoms with van der Waals surface area (Å²) in [6.07, 6.45) is 1.49. The van der Waals surface area contributed by atoms with E-state index in [9.17, 15) is 9.59 Å². The molecule has 27 heavy (non-hydrogen) atoms. The highest BCUT2D eigenvalue weighted by atomic mass is 32.2. The van der Waals surface area contributed by atoms with E-state index in [1.165, 1.54) is 29.4 Å². The molecule has 6 nitrogen and oxygen atoms in total. The van der Waals surface area contributed by atoms with Crippen molar-refractivity contribution in [3.8, 4) is 0 Å². The number of hydrogen-bond acceptors (Lipinski definition) is 7. The molecule has 3 aromatic rings. The summed E-state index contributed by atoms with van der Waals surface area (Å²) in [5, 5.41) is 3.61. The average Bonchev–Trinajstić information content (AvgIpc) is 3.22. The number of carbonyl (C=O) groups excluding carboxylic acids is 2. The topological polar surface area (TPSA) is 74.1 Å². The number of ketones is 1. The number of aromatic nitrogens is 3. The van der Waals surface area contributed by atoms with Gasteiger partial charge in [0.05, 0.1) is 5.75 Å². The van der Waals surface area contributed by atoms with Crippen LogP contribution in [0.2, 0.25) is 0 Å². The first-order valence-electron chi connectivity index (χ1n) is 8.56. The molecule has 0 aromatic carbocycles. The van der Waals surface area contributed by atoms with E-state index in [2.05, 4.69) is 28.4 Å². The van der Waals surface area contributed by atoms with Gasteiger partial charge in [-0.25, -0.2) is 9.97 Å². The van der Waals surface area contributed by atoms with Crippen molar-refractivity contribution >= 4 is 45.1 Å². The van der Waals surface area contributed by atoms with Gasteiger partial charge in [0.1, 0.15) is 16.2 Å². The Hall–Kier alpha value is -2.19. The van der Waals surface area contributed by atoms with Crippen LogP contribution < -0.4 is 0 Å². The number of aryl methyl sites for hydroxylation is 1. The second kappa shape index (κ2) is 8.22. The van der Waals surface area contributed by atoms with E-state index in [0.717, 1.165) is 26.6 Å². The van der Waals surface area contributed by atoms with E-state index in [1.54, 1.807) is 0 Å². The lowest BCUT2D eigenvalue weighted by Crippen LogP contribution is -2.16. The number of fused-ring (bicyclic) bond motifs is 1. The molecule has 142 valence electrons. The van der Waals surface area contributed by atoms with Crippen molar-refractivity contribution in [2.45, 2.75) is 38.8 Å². The summed E-state index contributed by atoms with van der Waals surface area (Å²) >= 11 is 2.82. The molecule has 0 N–H and O–H groups in total. The van der Waals surface area contributed by atoms with Gasteiger partial charge in [-0.2, -0.15) is 0 Å². The molecule has 0 bridgehead atoms. The van der Waals surface area contributed by atoms with Gasteiger partial charge in [0.15, 0.2) is 6.61 Å². The minimum absolute atomic E-state index is 0.0975. The zero-order valence-electron chi connectivity index (χ0n) is 15.7. The van der Waals surface area contributed by atoms with Gasteiger partial charge in [-0.3, -0.25) is 9.59 Å². The van der Waals surface area contributed by atoms with Crippen LogP contribution in [-0.4, -0.2) is 38.6 Å². The second-order valence-corrected chi connectivity index (χ2v) is 8.30. The highest BCUT2D eigenvalue weighted by Gasteiger charge is 2.18. The van der Waals surface area contributed by atoms with Gasteiger partial charge in [0.2, 0.25) is 5.78 Å². The standard InChI is InChI=1S/C19H21N3O3S2/c1-11(2)22-12(3)7-15(13(22)4)16(23)8-25-17(24)9-27-19-14-5-6-26-18(14)20-10-21-19/h5-7,10-11H,8-9H2,1-4H3. The fourth-order valence-corrected chi connectivity index (χ4v) is 4.71. The van der Waals surface area contributed by atoms with Crippen LogP contribution in [0.25, 0.3) is 10.2 Å². The van der Waals surface area contributed by atoms with Crippen molar-refractivity contribution in [2.75, 3.05) is 12.4 Å². The van der Waals surface area contributed by atoms with Crippen molar-refractivity contribution in [3.05, 3.63) is 40.8 Å². The Bertz CT molecular complexity index is 991. The Kier molecular flexibility index (Phi) is 5.96. The Labute approximate surface area is 166 Å². The van der Waals surface area contributed by atoms with Gasteiger partial charge < -0.3 is 9.30 Å². The molecule has 0 radical (unpaired) electrons. The lowest BCUT2D eigenvalue weighted by molar-refractivity contribution is -0.139. The van der Waals surface area contributed by atoms with E-state index in [-0.39, 0.29) is 24.2 Å². The first-order chi connectivity index (χ1) is 12.9. The molecular weight excluding hydrogens is 382 g/mol. The summed E-state index contributed by atoms with van der Waals surface area (Å²) in [4.78, 5) is 33.8. The lowest BCUT2D eigenvalue weighted by Gasteiger charge is -2.13. The predicted molar refractivity (Wildman–Crippen MR) is 108 cm³/mol. The van der Waals surface area contributed by atoms with E-state index in [0.29, 0.717) is 5.56 Å². The van der Waals surface area contributed by atoms with Gasteiger partial charge in [-0.1, -0.05) is 11.8 Å². The van der Waals surface area contributed by atoms with Crippen molar-refractivity contribution < 1.29 is 14.3 Å². The van der Waals surface area contributed by atoms with Gasteiger partial charge in [0.25, 0.3) is 0 Å². The summed E-state index contributed by atoms with van der Waals surface area (Å²) in [5.74, 6) is -0.524. The van der Waals surface area contributed by atoms with E-state index < -0.39 is 5.97 Å². The fraction of sp³-hybridized carbons (Fsp3) is 0.368. The Morgan fingerprint density at radius 3 is 2.78 bits per heavy atom. The molecule has 0 aliphatic heterocycles. The van der Waals surface area contributed by atoms with Crippen LogP contribution in [-0.2, 0) is 9.53 Å². The van der Waals surface area contributed by atoms with E-state index >= 15 is 0 Å². The van der Waals surface area contributed by atoms with Crippen molar-refractivity contribution in [3.63, 3.8) is 0 Å². The maximum absolute atomic E-state index is 12.5. The Morgan fingerprint density at radius 1 is 1.30 bits per heavy atom. The van der Waals surface area contributed by atoms with Crippen LogP contribution in [0.1, 0.15) is 41.6 Å². The number of carbonyl (C=O) groups is 2. The van der Waals surface area contributed by atoms with Crippen LogP contribution >= 0.6 is 23.1 Å². The van der Waals surface area contributed by atoms with Crippen LogP contribution in [0.4, 0.5) is 0 Å². The third-order valence-electron chi connectivity index (χ3n) is 4.22. The van der Waals surface area contributed by atoms with Crippen LogP contribution in [0.5, 0.6) is 0 Å². The molecule has 3 heterocycles. The summed E-state index contributed by atoms with van der Waals surface area (Å²) in [6, 6.07) is 4.06. The maximum Gasteiger partial charge on any atom is 0.316 e. The highest BCUT2D eigenvalue weighted by molar-refractivity contribution is 8.00. The number of ether oxygens (including phenoxy) is 1. The van der Waals surface area contributed by atoms with Gasteiger partial charge in [-0.05, 0) is 45.2 Å². The number of nitrogens with zero attached hydrogens (tertiary/aromatic N) is 3. The minimum atomic E-state index is -0.437. The zero-order valence-corrected chi connectivity index (χ0v) is 17.3. The molecule has 0 spiro atoms. The molecule has 0 atom stereocenters. The third kappa shape index (κ3) is 4.22. The van der Waals surface area contributed by atoms with Gasteiger partial charge in [-0.15, -0.1) is 11.3 Å². The normalized spacial score (nSPS) is 11.3. The summed E-state index contributed by atoms with van der Waals surface area (Å²) in [6.45, 7) is 7.78. The van der Waals surface area contributed by atoms with Gasteiger partial charge >= 0.3 is 5.97 Å². The number of thiophene rings is 1.